The van der Waals surface area contributed by atoms with Gasteiger partial charge < -0.3 is 5.32 Å². The number of pyridine rings is 1. The summed E-state index contributed by atoms with van der Waals surface area (Å²) in [5.41, 5.74) is 1.72. The Balaban J connectivity index is 1.75. The van der Waals surface area contributed by atoms with E-state index in [9.17, 15) is 4.79 Å². The maximum atomic E-state index is 12.7. The van der Waals surface area contributed by atoms with E-state index in [4.69, 9.17) is 11.6 Å². The number of hydrogen-bond acceptors (Lipinski definition) is 5. The molecule has 8 heteroatoms. The minimum Gasteiger partial charge on any atom is -0.350 e. The molecular formula is C18H19ClN6O. The normalized spacial score (nSPS) is 12.2. The summed E-state index contributed by atoms with van der Waals surface area (Å²) >= 11 is 5.90. The van der Waals surface area contributed by atoms with E-state index in [1.807, 2.05) is 38.1 Å². The Morgan fingerprint density at radius 3 is 2.65 bits per heavy atom. The maximum Gasteiger partial charge on any atom is 0.247 e. The van der Waals surface area contributed by atoms with E-state index < -0.39 is 6.04 Å². The molecule has 2 heterocycles. The monoisotopic (exact) mass is 370 g/mol. The number of rotatable bonds is 6. The molecule has 0 saturated heterocycles. The number of halogens is 1. The smallest absolute Gasteiger partial charge is 0.247 e. The number of hydrogen-bond donors (Lipinski definition) is 1. The highest BCUT2D eigenvalue weighted by Gasteiger charge is 2.27. The fourth-order valence-corrected chi connectivity index (χ4v) is 2.65. The van der Waals surface area contributed by atoms with E-state index in [1.54, 1.807) is 24.5 Å². The van der Waals surface area contributed by atoms with E-state index in [0.29, 0.717) is 17.4 Å². The average Bonchev–Trinajstić information content (AvgIpc) is 3.11. The lowest BCUT2D eigenvalue weighted by atomic mass is 10.0. The number of aromatic nitrogens is 5. The summed E-state index contributed by atoms with van der Waals surface area (Å²) in [6.07, 6.45) is 3.41. The van der Waals surface area contributed by atoms with Gasteiger partial charge in [0.1, 0.15) is 0 Å². The predicted molar refractivity (Wildman–Crippen MR) is 98.2 cm³/mol. The first-order valence-electron chi connectivity index (χ1n) is 8.26. The second-order valence-electron chi connectivity index (χ2n) is 6.21. The first-order chi connectivity index (χ1) is 12.5. The molecule has 0 spiro atoms. The van der Waals surface area contributed by atoms with Crippen LogP contribution in [0.4, 0.5) is 0 Å². The Bertz CT molecular complexity index is 863. The number of amides is 1. The molecule has 26 heavy (non-hydrogen) atoms. The molecule has 0 aliphatic rings. The molecule has 1 amide bonds. The lowest BCUT2D eigenvalue weighted by Crippen LogP contribution is -2.36. The highest BCUT2D eigenvalue weighted by molar-refractivity contribution is 6.30. The van der Waals surface area contributed by atoms with Gasteiger partial charge in [0, 0.05) is 29.5 Å². The average molecular weight is 371 g/mol. The molecule has 3 rings (SSSR count). The third-order valence-electron chi connectivity index (χ3n) is 3.87. The number of carbonyl (C=O) groups excluding carboxylic acids is 1. The van der Waals surface area contributed by atoms with Crippen LogP contribution in [-0.4, -0.2) is 31.1 Å². The van der Waals surface area contributed by atoms with Gasteiger partial charge >= 0.3 is 0 Å². The molecule has 7 nitrogen and oxygen atoms in total. The standard InChI is InChI=1S/C18H19ClN6O/c1-12(2)16(18(26)21-11-13-4-3-9-20-10-13)25-23-17(22-24-25)14-5-7-15(19)8-6-14/h3-10,12,16H,11H2,1-2H3,(H,21,26). The van der Waals surface area contributed by atoms with Crippen molar-refractivity contribution < 1.29 is 4.79 Å². The minimum atomic E-state index is -0.555. The van der Waals surface area contributed by atoms with E-state index in [-0.39, 0.29) is 11.8 Å². The number of carbonyl (C=O) groups is 1. The van der Waals surface area contributed by atoms with Gasteiger partial charge in [-0.25, -0.2) is 0 Å². The van der Waals surface area contributed by atoms with E-state index in [1.165, 1.54) is 4.80 Å². The lowest BCUT2D eigenvalue weighted by molar-refractivity contribution is -0.126. The highest BCUT2D eigenvalue weighted by Crippen LogP contribution is 2.20. The van der Waals surface area contributed by atoms with Crippen molar-refractivity contribution in [2.24, 2.45) is 5.92 Å². The SMILES string of the molecule is CC(C)C(C(=O)NCc1cccnc1)n1nnc(-c2ccc(Cl)cc2)n1. The topological polar surface area (TPSA) is 85.6 Å². The quantitative estimate of drug-likeness (QED) is 0.721. The van der Waals surface area contributed by atoms with Gasteiger partial charge in [0.05, 0.1) is 0 Å². The summed E-state index contributed by atoms with van der Waals surface area (Å²) in [7, 11) is 0. The van der Waals surface area contributed by atoms with Crippen LogP contribution in [0, 0.1) is 5.92 Å². The number of nitrogens with one attached hydrogen (secondary N) is 1. The maximum absolute atomic E-state index is 12.7. The summed E-state index contributed by atoms with van der Waals surface area (Å²) in [5.74, 6) is 0.285. The molecular weight excluding hydrogens is 352 g/mol. The number of nitrogens with zero attached hydrogens (tertiary/aromatic N) is 5. The fraction of sp³-hybridized carbons (Fsp3) is 0.278. The van der Waals surface area contributed by atoms with Crippen LogP contribution >= 0.6 is 11.6 Å². The van der Waals surface area contributed by atoms with Crippen molar-refractivity contribution in [3.8, 4) is 11.4 Å². The van der Waals surface area contributed by atoms with E-state index in [2.05, 4.69) is 25.7 Å². The molecule has 1 unspecified atom stereocenters. The van der Waals surface area contributed by atoms with Gasteiger partial charge in [-0.05, 0) is 47.0 Å². The predicted octanol–water partition coefficient (Wildman–Crippen LogP) is 2.90. The van der Waals surface area contributed by atoms with Crippen LogP contribution in [0.3, 0.4) is 0 Å². The van der Waals surface area contributed by atoms with Gasteiger partial charge in [-0.3, -0.25) is 9.78 Å². The zero-order valence-corrected chi connectivity index (χ0v) is 15.3. The van der Waals surface area contributed by atoms with Gasteiger partial charge in [0.15, 0.2) is 6.04 Å². The molecule has 0 radical (unpaired) electrons. The van der Waals surface area contributed by atoms with Crippen molar-refractivity contribution in [2.45, 2.75) is 26.4 Å². The summed E-state index contributed by atoms with van der Waals surface area (Å²) in [5, 5.41) is 16.1. The van der Waals surface area contributed by atoms with Crippen molar-refractivity contribution in [1.82, 2.24) is 30.5 Å². The third kappa shape index (κ3) is 4.23. The lowest BCUT2D eigenvalue weighted by Gasteiger charge is -2.18. The van der Waals surface area contributed by atoms with Crippen LogP contribution in [-0.2, 0) is 11.3 Å². The molecule has 0 fully saturated rings. The molecule has 1 N–H and O–H groups in total. The molecule has 0 aliphatic carbocycles. The van der Waals surface area contributed by atoms with Crippen molar-refractivity contribution in [3.05, 3.63) is 59.4 Å². The Morgan fingerprint density at radius 1 is 1.23 bits per heavy atom. The Labute approximate surface area is 156 Å². The molecule has 2 aromatic heterocycles. The molecule has 134 valence electrons. The first kappa shape index (κ1) is 18.0. The van der Waals surface area contributed by atoms with Crippen molar-refractivity contribution in [2.75, 3.05) is 0 Å². The summed E-state index contributed by atoms with van der Waals surface area (Å²) in [4.78, 5) is 18.1. The van der Waals surface area contributed by atoms with Gasteiger partial charge in [-0.15, -0.1) is 10.2 Å². The Morgan fingerprint density at radius 2 is 2.00 bits per heavy atom. The van der Waals surface area contributed by atoms with Crippen LogP contribution in [0.15, 0.2) is 48.8 Å². The zero-order chi connectivity index (χ0) is 18.5. The molecule has 1 atom stereocenters. The van der Waals surface area contributed by atoms with Gasteiger partial charge in [-0.1, -0.05) is 31.5 Å². The zero-order valence-electron chi connectivity index (χ0n) is 14.5. The van der Waals surface area contributed by atoms with E-state index >= 15 is 0 Å². The Hall–Kier alpha value is -2.80. The summed E-state index contributed by atoms with van der Waals surface area (Å²) < 4.78 is 0. The van der Waals surface area contributed by atoms with Gasteiger partial charge in [0.2, 0.25) is 11.7 Å². The second-order valence-corrected chi connectivity index (χ2v) is 6.64. The van der Waals surface area contributed by atoms with Crippen molar-refractivity contribution >= 4 is 17.5 Å². The molecule has 0 bridgehead atoms. The highest BCUT2D eigenvalue weighted by atomic mass is 35.5. The summed E-state index contributed by atoms with van der Waals surface area (Å²) in [6.45, 7) is 4.29. The number of benzene rings is 1. The van der Waals surface area contributed by atoms with Crippen molar-refractivity contribution in [3.63, 3.8) is 0 Å². The van der Waals surface area contributed by atoms with Crippen LogP contribution in [0.25, 0.3) is 11.4 Å². The molecule has 3 aromatic rings. The van der Waals surface area contributed by atoms with Gasteiger partial charge in [-0.2, -0.15) is 4.80 Å². The minimum absolute atomic E-state index is 0.00355. The molecule has 0 aliphatic heterocycles. The van der Waals surface area contributed by atoms with Crippen molar-refractivity contribution in [1.29, 1.82) is 0 Å². The number of tetrazole rings is 1. The molecule has 1 aromatic carbocycles. The van der Waals surface area contributed by atoms with Gasteiger partial charge in [0.25, 0.3) is 0 Å². The third-order valence-corrected chi connectivity index (χ3v) is 4.12. The first-order valence-corrected chi connectivity index (χ1v) is 8.64. The largest absolute Gasteiger partial charge is 0.350 e. The second kappa shape index (κ2) is 8.05. The van der Waals surface area contributed by atoms with Crippen LogP contribution in [0.2, 0.25) is 5.02 Å². The Kier molecular flexibility index (Phi) is 5.58. The van der Waals surface area contributed by atoms with Crippen LogP contribution < -0.4 is 5.32 Å². The fourth-order valence-electron chi connectivity index (χ4n) is 2.53. The molecule has 0 saturated carbocycles. The van der Waals surface area contributed by atoms with E-state index in [0.717, 1.165) is 11.1 Å². The van der Waals surface area contributed by atoms with Crippen LogP contribution in [0.5, 0.6) is 0 Å². The summed E-state index contributed by atoms with van der Waals surface area (Å²) in [6, 6.07) is 10.3. The van der Waals surface area contributed by atoms with Crippen LogP contribution in [0.1, 0.15) is 25.5 Å².